The summed E-state index contributed by atoms with van der Waals surface area (Å²) >= 11 is 0. The number of aryl methyl sites for hydroxylation is 1. The molecule has 0 aliphatic rings. The number of fused-ring (bicyclic) bond motifs is 8. The Labute approximate surface area is 339 Å². The van der Waals surface area contributed by atoms with Gasteiger partial charge < -0.3 is 0 Å². The van der Waals surface area contributed by atoms with E-state index in [0.29, 0.717) is 5.56 Å². The number of rotatable bonds is 4. The van der Waals surface area contributed by atoms with Crippen LogP contribution in [-0.2, 0) is 6.18 Å². The maximum absolute atomic E-state index is 14.1. The number of hydrogen-bond donors (Lipinski definition) is 0. The number of halogens is 3. The Morgan fingerprint density at radius 1 is 0.305 bits per heavy atom. The van der Waals surface area contributed by atoms with Crippen LogP contribution >= 0.6 is 0 Å². The molecule has 11 rings (SSSR count). The molecule has 0 bridgehead atoms. The lowest BCUT2D eigenvalue weighted by atomic mass is 9.81. The molecule has 0 nitrogen and oxygen atoms in total. The van der Waals surface area contributed by atoms with E-state index in [2.05, 4.69) is 171 Å². The molecular weight excluding hydrogens is 730 g/mol. The average molecular weight is 765 g/mol. The van der Waals surface area contributed by atoms with Crippen LogP contribution in [0.2, 0.25) is 0 Å². The third-order valence-corrected chi connectivity index (χ3v) is 12.1. The van der Waals surface area contributed by atoms with Crippen molar-refractivity contribution < 1.29 is 13.2 Å². The van der Waals surface area contributed by atoms with Gasteiger partial charge >= 0.3 is 6.18 Å². The second kappa shape index (κ2) is 13.4. The van der Waals surface area contributed by atoms with Gasteiger partial charge in [-0.15, -0.1) is 0 Å². The van der Waals surface area contributed by atoms with Gasteiger partial charge in [0.15, 0.2) is 0 Å². The van der Waals surface area contributed by atoms with Crippen molar-refractivity contribution in [1.29, 1.82) is 0 Å². The van der Waals surface area contributed by atoms with Gasteiger partial charge in [0.25, 0.3) is 0 Å². The highest BCUT2D eigenvalue weighted by Gasteiger charge is 2.30. The molecule has 59 heavy (non-hydrogen) atoms. The summed E-state index contributed by atoms with van der Waals surface area (Å²) < 4.78 is 42.4. The SMILES string of the molecule is Cc1ccc(-c2ccc3c(-c4cc5ccccc5c5ccccc45)c4cc(-c5cccc(C(F)(F)F)c5)ccc4c(-c4cc5ccccc5c5ccccc45)c3c2)cc1. The molecule has 0 aliphatic heterocycles. The Morgan fingerprint density at radius 2 is 0.729 bits per heavy atom. The van der Waals surface area contributed by atoms with Crippen molar-refractivity contribution in [3.05, 3.63) is 205 Å². The van der Waals surface area contributed by atoms with Crippen LogP contribution in [0.3, 0.4) is 0 Å². The van der Waals surface area contributed by atoms with Crippen molar-refractivity contribution in [3.63, 3.8) is 0 Å². The number of alkyl halides is 3. The highest BCUT2D eigenvalue weighted by atomic mass is 19.4. The van der Waals surface area contributed by atoms with E-state index in [1.165, 1.54) is 33.9 Å². The van der Waals surface area contributed by atoms with E-state index in [-0.39, 0.29) is 0 Å². The summed E-state index contributed by atoms with van der Waals surface area (Å²) in [5, 5.41) is 13.4. The molecule has 3 heteroatoms. The van der Waals surface area contributed by atoms with Crippen molar-refractivity contribution in [3.8, 4) is 44.5 Å². The molecule has 0 unspecified atom stereocenters. The molecule has 0 amide bonds. The minimum absolute atomic E-state index is 0.517. The third kappa shape index (κ3) is 5.76. The molecule has 0 atom stereocenters. The van der Waals surface area contributed by atoms with Gasteiger partial charge in [0.1, 0.15) is 0 Å². The molecule has 0 radical (unpaired) electrons. The molecule has 0 saturated heterocycles. The lowest BCUT2D eigenvalue weighted by Gasteiger charge is -2.22. The topological polar surface area (TPSA) is 0 Å². The highest BCUT2D eigenvalue weighted by Crippen LogP contribution is 2.50. The Hall–Kier alpha value is -7.23. The van der Waals surface area contributed by atoms with Gasteiger partial charge in [-0.2, -0.15) is 13.2 Å². The number of benzene rings is 11. The van der Waals surface area contributed by atoms with E-state index >= 15 is 0 Å². The molecule has 0 heterocycles. The zero-order valence-electron chi connectivity index (χ0n) is 32.1. The van der Waals surface area contributed by atoms with Crippen LogP contribution in [0.1, 0.15) is 11.1 Å². The molecule has 11 aromatic rings. The predicted molar refractivity (Wildman–Crippen MR) is 243 cm³/mol. The molecule has 11 aromatic carbocycles. The van der Waals surface area contributed by atoms with Crippen LogP contribution in [0.5, 0.6) is 0 Å². The van der Waals surface area contributed by atoms with Crippen molar-refractivity contribution in [1.82, 2.24) is 0 Å². The van der Waals surface area contributed by atoms with Gasteiger partial charge in [0, 0.05) is 0 Å². The lowest BCUT2D eigenvalue weighted by molar-refractivity contribution is -0.137. The minimum atomic E-state index is -4.46. The highest BCUT2D eigenvalue weighted by molar-refractivity contribution is 6.29. The van der Waals surface area contributed by atoms with Gasteiger partial charge in [-0.1, -0.05) is 163 Å². The van der Waals surface area contributed by atoms with E-state index in [1.807, 2.05) is 6.07 Å². The largest absolute Gasteiger partial charge is 0.416 e. The summed E-state index contributed by atoms with van der Waals surface area (Å²) in [6.07, 6.45) is -4.46. The molecule has 0 saturated carbocycles. The van der Waals surface area contributed by atoms with Gasteiger partial charge in [-0.25, -0.2) is 0 Å². The fraction of sp³-hybridized carbons (Fsp3) is 0.0357. The number of hydrogen-bond acceptors (Lipinski definition) is 0. The van der Waals surface area contributed by atoms with Crippen molar-refractivity contribution in [2.45, 2.75) is 13.1 Å². The van der Waals surface area contributed by atoms with Crippen LogP contribution in [0, 0.1) is 6.92 Å². The van der Waals surface area contributed by atoms with E-state index < -0.39 is 11.7 Å². The van der Waals surface area contributed by atoms with E-state index in [1.54, 1.807) is 6.07 Å². The standard InChI is InChI=1S/C56H35F3/c1-34-21-23-35(24-22-34)37-25-27-48-52(30-37)54(50-32-39-11-2-4-15-42(39)44-17-6-8-19-46(44)50)49-28-26-38(36-13-10-14-41(29-36)56(57,58)59)31-53(49)55(48)51-33-40-12-3-5-16-43(40)45-18-7-9-20-47(45)51/h2-33H,1H3. The summed E-state index contributed by atoms with van der Waals surface area (Å²) in [6.45, 7) is 2.10. The second-order valence-corrected chi connectivity index (χ2v) is 15.6. The maximum atomic E-state index is 14.1. The van der Waals surface area contributed by atoms with Crippen LogP contribution in [-0.4, -0.2) is 0 Å². The Bertz CT molecular complexity index is 3480. The normalized spacial score (nSPS) is 12.1. The zero-order chi connectivity index (χ0) is 39.8. The summed E-state index contributed by atoms with van der Waals surface area (Å²) in [5.41, 5.74) is 8.34. The first-order chi connectivity index (χ1) is 28.8. The van der Waals surface area contributed by atoms with Crippen molar-refractivity contribution in [2.75, 3.05) is 0 Å². The van der Waals surface area contributed by atoms with E-state index in [9.17, 15) is 13.2 Å². The van der Waals surface area contributed by atoms with Gasteiger partial charge in [-0.05, 0) is 152 Å². The summed E-state index contributed by atoms with van der Waals surface area (Å²) in [5.74, 6) is 0. The fourth-order valence-electron chi connectivity index (χ4n) is 9.31. The quantitative estimate of drug-likeness (QED) is 0.124. The zero-order valence-corrected chi connectivity index (χ0v) is 32.1. The van der Waals surface area contributed by atoms with Gasteiger partial charge in [0.05, 0.1) is 5.56 Å². The third-order valence-electron chi connectivity index (χ3n) is 12.1. The van der Waals surface area contributed by atoms with Crippen LogP contribution in [0.15, 0.2) is 194 Å². The molecule has 0 aliphatic carbocycles. The fourth-order valence-corrected chi connectivity index (χ4v) is 9.31. The molecule has 0 spiro atoms. The first-order valence-electron chi connectivity index (χ1n) is 19.9. The average Bonchev–Trinajstić information content (AvgIpc) is 3.27. The smallest absolute Gasteiger partial charge is 0.166 e. The van der Waals surface area contributed by atoms with E-state index in [4.69, 9.17) is 0 Å². The van der Waals surface area contributed by atoms with Crippen molar-refractivity contribution in [2.24, 2.45) is 0 Å². The second-order valence-electron chi connectivity index (χ2n) is 15.6. The van der Waals surface area contributed by atoms with Crippen molar-refractivity contribution >= 4 is 64.6 Å². The summed E-state index contributed by atoms with van der Waals surface area (Å²) in [4.78, 5) is 0. The van der Waals surface area contributed by atoms with E-state index in [0.717, 1.165) is 93.5 Å². The monoisotopic (exact) mass is 764 g/mol. The lowest BCUT2D eigenvalue weighted by Crippen LogP contribution is -2.04. The Morgan fingerprint density at radius 3 is 1.24 bits per heavy atom. The van der Waals surface area contributed by atoms with Crippen LogP contribution in [0.25, 0.3) is 109 Å². The molecule has 0 fully saturated rings. The molecule has 280 valence electrons. The maximum Gasteiger partial charge on any atom is 0.416 e. The minimum Gasteiger partial charge on any atom is -0.166 e. The summed E-state index contributed by atoms with van der Waals surface area (Å²) in [7, 11) is 0. The predicted octanol–water partition coefficient (Wildman–Crippen LogP) is 16.6. The first kappa shape index (κ1) is 35.0. The summed E-state index contributed by atoms with van der Waals surface area (Å²) in [6, 6.07) is 66.2. The van der Waals surface area contributed by atoms with Crippen LogP contribution in [0.4, 0.5) is 13.2 Å². The molecule has 0 N–H and O–H groups in total. The molecule has 0 aromatic heterocycles. The van der Waals surface area contributed by atoms with Gasteiger partial charge in [-0.3, -0.25) is 0 Å². The Kier molecular flexibility index (Phi) is 7.96. The van der Waals surface area contributed by atoms with Crippen LogP contribution < -0.4 is 0 Å². The van der Waals surface area contributed by atoms with Gasteiger partial charge in [0.2, 0.25) is 0 Å². The molecular formula is C56H35F3. The Balaban J connectivity index is 1.35. The first-order valence-corrected chi connectivity index (χ1v) is 19.9.